The SMILES string of the molecule is CC1CSc2c(CN)cccc21. The van der Waals surface area contributed by atoms with Gasteiger partial charge in [0.25, 0.3) is 0 Å². The van der Waals surface area contributed by atoms with Gasteiger partial charge >= 0.3 is 0 Å². The molecule has 0 aliphatic carbocycles. The Morgan fingerprint density at radius 2 is 2.42 bits per heavy atom. The highest BCUT2D eigenvalue weighted by Crippen LogP contribution is 2.40. The van der Waals surface area contributed by atoms with Crippen LogP contribution < -0.4 is 5.73 Å². The van der Waals surface area contributed by atoms with Gasteiger partial charge in [-0.25, -0.2) is 0 Å². The van der Waals surface area contributed by atoms with Gasteiger partial charge in [0.05, 0.1) is 0 Å². The van der Waals surface area contributed by atoms with E-state index in [9.17, 15) is 0 Å². The number of thioether (sulfide) groups is 1. The smallest absolute Gasteiger partial charge is 0.0189 e. The van der Waals surface area contributed by atoms with Crippen LogP contribution in [0.15, 0.2) is 23.1 Å². The third-order valence-electron chi connectivity index (χ3n) is 2.36. The first-order valence-electron chi connectivity index (χ1n) is 4.27. The van der Waals surface area contributed by atoms with Crippen LogP contribution in [0.2, 0.25) is 0 Å². The average molecular weight is 179 g/mol. The van der Waals surface area contributed by atoms with Crippen LogP contribution in [0.25, 0.3) is 0 Å². The molecule has 1 aromatic carbocycles. The Balaban J connectivity index is 2.50. The fourth-order valence-corrected chi connectivity index (χ4v) is 3.00. The summed E-state index contributed by atoms with van der Waals surface area (Å²) < 4.78 is 0. The van der Waals surface area contributed by atoms with Crippen LogP contribution in [-0.4, -0.2) is 5.75 Å². The molecule has 0 bridgehead atoms. The lowest BCUT2D eigenvalue weighted by atomic mass is 10.0. The molecular weight excluding hydrogens is 166 g/mol. The van der Waals surface area contributed by atoms with E-state index in [0.29, 0.717) is 12.5 Å². The Kier molecular flexibility index (Phi) is 2.11. The molecule has 12 heavy (non-hydrogen) atoms. The standard InChI is InChI=1S/C10H13NS/c1-7-6-12-10-8(5-11)3-2-4-9(7)10/h2-4,7H,5-6,11H2,1H3. The highest BCUT2D eigenvalue weighted by Gasteiger charge is 2.20. The van der Waals surface area contributed by atoms with Gasteiger partial charge < -0.3 is 5.73 Å². The molecule has 64 valence electrons. The Morgan fingerprint density at radius 3 is 3.17 bits per heavy atom. The zero-order valence-corrected chi connectivity index (χ0v) is 8.03. The maximum absolute atomic E-state index is 5.65. The van der Waals surface area contributed by atoms with Crippen LogP contribution in [0.4, 0.5) is 0 Å². The second-order valence-corrected chi connectivity index (χ2v) is 4.28. The summed E-state index contributed by atoms with van der Waals surface area (Å²) in [6.07, 6.45) is 0. The van der Waals surface area contributed by atoms with Crippen molar-refractivity contribution in [3.63, 3.8) is 0 Å². The summed E-state index contributed by atoms with van der Waals surface area (Å²) in [5.41, 5.74) is 8.45. The molecule has 0 saturated heterocycles. The van der Waals surface area contributed by atoms with E-state index < -0.39 is 0 Å². The third kappa shape index (κ3) is 1.15. The van der Waals surface area contributed by atoms with Crippen molar-refractivity contribution in [2.24, 2.45) is 5.73 Å². The van der Waals surface area contributed by atoms with Gasteiger partial charge in [0.1, 0.15) is 0 Å². The van der Waals surface area contributed by atoms with Crippen molar-refractivity contribution < 1.29 is 0 Å². The normalized spacial score (nSPS) is 21.0. The summed E-state index contributed by atoms with van der Waals surface area (Å²) >= 11 is 1.95. The van der Waals surface area contributed by atoms with Gasteiger partial charge in [-0.2, -0.15) is 0 Å². The quantitative estimate of drug-likeness (QED) is 0.716. The van der Waals surface area contributed by atoms with E-state index in [1.807, 2.05) is 11.8 Å². The molecule has 1 atom stereocenters. The lowest BCUT2D eigenvalue weighted by Crippen LogP contribution is -1.98. The largest absolute Gasteiger partial charge is 0.326 e. The number of hydrogen-bond donors (Lipinski definition) is 1. The van der Waals surface area contributed by atoms with E-state index in [4.69, 9.17) is 5.73 Å². The molecule has 1 nitrogen and oxygen atoms in total. The summed E-state index contributed by atoms with van der Waals surface area (Å²) in [6, 6.07) is 6.46. The van der Waals surface area contributed by atoms with Gasteiger partial charge in [0.2, 0.25) is 0 Å². The van der Waals surface area contributed by atoms with Crippen LogP contribution in [0.5, 0.6) is 0 Å². The first-order valence-corrected chi connectivity index (χ1v) is 5.26. The highest BCUT2D eigenvalue weighted by atomic mass is 32.2. The molecule has 1 aliphatic rings. The van der Waals surface area contributed by atoms with Crippen LogP contribution in [0.3, 0.4) is 0 Å². The number of rotatable bonds is 1. The van der Waals surface area contributed by atoms with E-state index in [2.05, 4.69) is 25.1 Å². The first-order chi connectivity index (χ1) is 5.83. The average Bonchev–Trinajstić information content (AvgIpc) is 2.48. The highest BCUT2D eigenvalue weighted by molar-refractivity contribution is 7.99. The van der Waals surface area contributed by atoms with Crippen LogP contribution in [0, 0.1) is 0 Å². The minimum absolute atomic E-state index is 0.670. The Morgan fingerprint density at radius 1 is 1.58 bits per heavy atom. The van der Waals surface area contributed by atoms with E-state index in [0.717, 1.165) is 0 Å². The lowest BCUT2D eigenvalue weighted by molar-refractivity contribution is 0.870. The minimum Gasteiger partial charge on any atom is -0.326 e. The van der Waals surface area contributed by atoms with Gasteiger partial charge in [-0.15, -0.1) is 11.8 Å². The number of benzene rings is 1. The summed E-state index contributed by atoms with van der Waals surface area (Å²) in [7, 11) is 0. The molecule has 0 spiro atoms. The fraction of sp³-hybridized carbons (Fsp3) is 0.400. The Hall–Kier alpha value is -0.470. The van der Waals surface area contributed by atoms with Gasteiger partial charge in [0, 0.05) is 17.2 Å². The molecule has 1 heterocycles. The molecule has 0 aromatic heterocycles. The lowest BCUT2D eigenvalue weighted by Gasteiger charge is -2.05. The molecule has 2 heteroatoms. The molecule has 2 N–H and O–H groups in total. The molecule has 1 unspecified atom stereocenters. The van der Waals surface area contributed by atoms with E-state index in [1.165, 1.54) is 21.8 Å². The molecule has 2 rings (SSSR count). The Labute approximate surface area is 77.3 Å². The van der Waals surface area contributed by atoms with Crippen molar-refractivity contribution in [2.45, 2.75) is 24.3 Å². The van der Waals surface area contributed by atoms with E-state index in [1.54, 1.807) is 0 Å². The van der Waals surface area contributed by atoms with Gasteiger partial charge in [-0.3, -0.25) is 0 Å². The second kappa shape index (κ2) is 3.11. The predicted molar refractivity (Wildman–Crippen MR) is 53.5 cm³/mol. The van der Waals surface area contributed by atoms with Crippen molar-refractivity contribution in [1.29, 1.82) is 0 Å². The summed E-state index contributed by atoms with van der Waals surface area (Å²) in [5.74, 6) is 1.92. The molecule has 1 aliphatic heterocycles. The monoisotopic (exact) mass is 179 g/mol. The van der Waals surface area contributed by atoms with Crippen molar-refractivity contribution in [1.82, 2.24) is 0 Å². The van der Waals surface area contributed by atoms with Crippen molar-refractivity contribution in [2.75, 3.05) is 5.75 Å². The fourth-order valence-electron chi connectivity index (χ4n) is 1.63. The Bertz CT molecular complexity index is 296. The van der Waals surface area contributed by atoms with Crippen LogP contribution >= 0.6 is 11.8 Å². The maximum Gasteiger partial charge on any atom is 0.0189 e. The van der Waals surface area contributed by atoms with Crippen LogP contribution in [-0.2, 0) is 6.54 Å². The molecular formula is C10H13NS. The van der Waals surface area contributed by atoms with Crippen LogP contribution in [0.1, 0.15) is 24.0 Å². The summed E-state index contributed by atoms with van der Waals surface area (Å²) in [5, 5.41) is 0. The third-order valence-corrected chi connectivity index (χ3v) is 3.81. The summed E-state index contributed by atoms with van der Waals surface area (Å²) in [6.45, 7) is 2.95. The molecule has 0 amide bonds. The summed E-state index contributed by atoms with van der Waals surface area (Å²) in [4.78, 5) is 1.44. The van der Waals surface area contributed by atoms with Crippen molar-refractivity contribution in [3.05, 3.63) is 29.3 Å². The first kappa shape index (κ1) is 8.14. The molecule has 0 radical (unpaired) electrons. The van der Waals surface area contributed by atoms with E-state index in [-0.39, 0.29) is 0 Å². The zero-order chi connectivity index (χ0) is 8.55. The molecule has 0 saturated carbocycles. The number of nitrogens with two attached hydrogens (primary N) is 1. The topological polar surface area (TPSA) is 26.0 Å². The minimum atomic E-state index is 0.670. The van der Waals surface area contributed by atoms with Gasteiger partial charge in [-0.1, -0.05) is 25.1 Å². The maximum atomic E-state index is 5.65. The zero-order valence-electron chi connectivity index (χ0n) is 7.21. The van der Waals surface area contributed by atoms with Crippen molar-refractivity contribution in [3.8, 4) is 0 Å². The number of hydrogen-bond acceptors (Lipinski definition) is 2. The van der Waals surface area contributed by atoms with E-state index >= 15 is 0 Å². The molecule has 0 fully saturated rings. The van der Waals surface area contributed by atoms with Crippen molar-refractivity contribution >= 4 is 11.8 Å². The van der Waals surface area contributed by atoms with Gasteiger partial charge in [-0.05, 0) is 17.0 Å². The predicted octanol–water partition coefficient (Wildman–Crippen LogP) is 2.35. The number of fused-ring (bicyclic) bond motifs is 1. The second-order valence-electron chi connectivity index (χ2n) is 3.25. The van der Waals surface area contributed by atoms with Gasteiger partial charge in [0.15, 0.2) is 0 Å². The molecule has 1 aromatic rings.